The summed E-state index contributed by atoms with van der Waals surface area (Å²) in [6, 6.07) is 8.41. The highest BCUT2D eigenvalue weighted by Gasteiger charge is 2.14. The van der Waals surface area contributed by atoms with E-state index in [-0.39, 0.29) is 34.6 Å². The number of halogens is 3. The van der Waals surface area contributed by atoms with Crippen LogP contribution >= 0.6 is 11.6 Å². The highest BCUT2D eigenvalue weighted by molar-refractivity contribution is 7.98. The normalized spacial score (nSPS) is 11.7. The van der Waals surface area contributed by atoms with Crippen molar-refractivity contribution in [3.8, 4) is 16.9 Å². The van der Waals surface area contributed by atoms with Gasteiger partial charge in [-0.25, -0.2) is 23.5 Å². The fourth-order valence-electron chi connectivity index (χ4n) is 3.42. The first-order chi connectivity index (χ1) is 17.0. The summed E-state index contributed by atoms with van der Waals surface area (Å²) >= 11 is 6.06. The van der Waals surface area contributed by atoms with Crippen LogP contribution in [0.5, 0.6) is 5.75 Å². The van der Waals surface area contributed by atoms with E-state index < -0.39 is 27.8 Å². The number of benzene rings is 1. The fourth-order valence-corrected chi connectivity index (χ4v) is 4.97. The van der Waals surface area contributed by atoms with E-state index in [0.29, 0.717) is 36.3 Å². The van der Waals surface area contributed by atoms with Crippen LogP contribution in [0, 0.1) is 11.6 Å². The van der Waals surface area contributed by atoms with Crippen LogP contribution in [0.15, 0.2) is 47.0 Å². The number of amides is 1. The average Bonchev–Trinajstić information content (AvgIpc) is 2.76. The number of carbonyl (C=O) groups is 1. The number of hydrogen-bond acceptors (Lipinski definition) is 6. The van der Waals surface area contributed by atoms with Gasteiger partial charge in [-0.15, -0.1) is 0 Å². The van der Waals surface area contributed by atoms with E-state index >= 15 is 0 Å². The minimum Gasteiger partial charge on any atom is -0.493 e. The van der Waals surface area contributed by atoms with Crippen molar-refractivity contribution in [2.24, 2.45) is 4.36 Å². The maximum atomic E-state index is 14.3. The molecular formula is C23H26ClF2N5O4S. The Balaban J connectivity index is 1.55. The first kappa shape index (κ1) is 27.2. The molecule has 0 aliphatic heterocycles. The predicted molar refractivity (Wildman–Crippen MR) is 138 cm³/mol. The van der Waals surface area contributed by atoms with Crippen molar-refractivity contribution in [2.75, 3.05) is 30.5 Å². The van der Waals surface area contributed by atoms with Gasteiger partial charge in [-0.1, -0.05) is 21.7 Å². The maximum Gasteiger partial charge on any atom is 0.437 e. The smallest absolute Gasteiger partial charge is 0.437 e. The largest absolute Gasteiger partial charge is 0.493 e. The first-order valence-corrected chi connectivity index (χ1v) is 13.5. The van der Waals surface area contributed by atoms with E-state index in [9.17, 15) is 18.1 Å². The van der Waals surface area contributed by atoms with Crippen molar-refractivity contribution in [1.29, 1.82) is 0 Å². The van der Waals surface area contributed by atoms with E-state index in [4.69, 9.17) is 27.2 Å². The number of pyridine rings is 2. The van der Waals surface area contributed by atoms with Gasteiger partial charge in [0.25, 0.3) is 0 Å². The number of thiol groups is 1. The molecule has 3 rings (SSSR count). The molecule has 5 N–H and O–H groups in total. The zero-order chi connectivity index (χ0) is 26.3. The van der Waals surface area contributed by atoms with Crippen LogP contribution in [-0.2, 0) is 15.9 Å². The van der Waals surface area contributed by atoms with Crippen molar-refractivity contribution < 1.29 is 28.0 Å². The molecule has 9 nitrogen and oxygen atoms in total. The molecule has 0 saturated carbocycles. The molecule has 2 heterocycles. The van der Waals surface area contributed by atoms with Gasteiger partial charge in [0.15, 0.2) is 0 Å². The van der Waals surface area contributed by atoms with Gasteiger partial charge < -0.3 is 25.4 Å². The second kappa shape index (κ2) is 12.1. The first-order valence-electron chi connectivity index (χ1n) is 10.8. The number of nitrogen functional groups attached to an aromatic ring is 1. The molecule has 0 spiro atoms. The van der Waals surface area contributed by atoms with Gasteiger partial charge >= 0.3 is 6.09 Å². The van der Waals surface area contributed by atoms with Gasteiger partial charge in [-0.05, 0) is 55.0 Å². The monoisotopic (exact) mass is 541 g/mol. The number of aromatic nitrogens is 2. The molecular weight excluding hydrogens is 516 g/mol. The third-order valence-corrected chi connectivity index (χ3v) is 6.64. The number of unbranched alkanes of at least 4 members (excludes halogenated alkanes) is 1. The van der Waals surface area contributed by atoms with E-state index in [1.165, 1.54) is 30.5 Å². The topological polar surface area (TPSA) is 143 Å². The summed E-state index contributed by atoms with van der Waals surface area (Å²) in [5, 5.41) is 12.1. The summed E-state index contributed by atoms with van der Waals surface area (Å²) < 4.78 is 47.4. The lowest BCUT2D eigenvalue weighted by Gasteiger charge is -2.17. The Kier molecular flexibility index (Phi) is 9.13. The number of nitrogens with one attached hydrogen (secondary N) is 1. The highest BCUT2D eigenvalue weighted by atomic mass is 35.5. The Bertz CT molecular complexity index is 1310. The van der Waals surface area contributed by atoms with Crippen LogP contribution in [0.2, 0.25) is 5.15 Å². The molecule has 0 radical (unpaired) electrons. The summed E-state index contributed by atoms with van der Waals surface area (Å²) in [7, 11) is -3.03. The second-order valence-corrected chi connectivity index (χ2v) is 11.1. The molecule has 1 amide bonds. The molecule has 13 heteroatoms. The summed E-state index contributed by atoms with van der Waals surface area (Å²) in [4.78, 5) is 18.7. The number of rotatable bonds is 10. The van der Waals surface area contributed by atoms with Gasteiger partial charge in [0, 0.05) is 29.5 Å². The minimum absolute atomic E-state index is 0.0454. The Morgan fingerprint density at radius 2 is 2.00 bits per heavy atom. The zero-order valence-corrected chi connectivity index (χ0v) is 20.9. The molecule has 0 fully saturated rings. The Hall–Kier alpha value is -3.35. The number of carboxylic acid groups (broad SMARTS) is 1. The summed E-state index contributed by atoms with van der Waals surface area (Å²) in [5.74, 6) is -0.282. The summed E-state index contributed by atoms with van der Waals surface area (Å²) in [6.07, 6.45) is 2.22. The van der Waals surface area contributed by atoms with Crippen LogP contribution in [0.4, 0.5) is 25.2 Å². The van der Waals surface area contributed by atoms with Crippen LogP contribution in [0.1, 0.15) is 18.4 Å². The van der Waals surface area contributed by atoms with E-state index in [1.807, 2.05) is 0 Å². The summed E-state index contributed by atoms with van der Waals surface area (Å²) in [6.45, 7) is 0.755. The van der Waals surface area contributed by atoms with Crippen molar-refractivity contribution in [1.82, 2.24) is 9.97 Å². The third kappa shape index (κ3) is 8.11. The summed E-state index contributed by atoms with van der Waals surface area (Å²) in [5.41, 5.74) is 6.80. The Morgan fingerprint density at radius 1 is 1.22 bits per heavy atom. The quantitative estimate of drug-likeness (QED) is 0.132. The van der Waals surface area contributed by atoms with Gasteiger partial charge in [-0.2, -0.15) is 4.36 Å². The van der Waals surface area contributed by atoms with Crippen molar-refractivity contribution >= 4 is 39.4 Å². The van der Waals surface area contributed by atoms with Crippen LogP contribution < -0.4 is 15.8 Å². The number of nitrogens with two attached hydrogens (primary N) is 1. The molecule has 1 aromatic carbocycles. The molecule has 0 aliphatic carbocycles. The Labute approximate surface area is 212 Å². The molecule has 36 heavy (non-hydrogen) atoms. The standard InChI is InChI=1S/C23H26ClF2N5O4S/c1-36(34,31-23(32)33)13-14-8-20(24)30-22(9-14)28-6-2-3-7-35-19-10-15(25)4-5-16(19)17-11-21(27)29-12-18(17)26/h4-5,8-12,36H,2-3,6-7,13H2,1H3,(H2,27,29)(H,28,30)(H,31,34)(H,32,33). The molecule has 194 valence electrons. The van der Waals surface area contributed by atoms with Crippen molar-refractivity contribution in [2.45, 2.75) is 18.6 Å². The third-order valence-electron chi connectivity index (χ3n) is 4.88. The lowest BCUT2D eigenvalue weighted by molar-refractivity contribution is 0.206. The fraction of sp³-hybridized carbons (Fsp3) is 0.261. The molecule has 0 saturated heterocycles. The lowest BCUT2D eigenvalue weighted by Crippen LogP contribution is -2.13. The van der Waals surface area contributed by atoms with Gasteiger partial charge in [0.1, 0.15) is 34.2 Å². The van der Waals surface area contributed by atoms with E-state index in [1.54, 1.807) is 12.1 Å². The Morgan fingerprint density at radius 3 is 2.75 bits per heavy atom. The van der Waals surface area contributed by atoms with Crippen LogP contribution in [0.25, 0.3) is 11.1 Å². The van der Waals surface area contributed by atoms with E-state index in [2.05, 4.69) is 19.6 Å². The van der Waals surface area contributed by atoms with Crippen LogP contribution in [0.3, 0.4) is 0 Å². The molecule has 0 bridgehead atoms. The molecule has 3 aromatic rings. The minimum atomic E-state index is -3.03. The molecule has 0 atom stereocenters. The number of ether oxygens (including phenoxy) is 1. The number of hydrogen-bond donors (Lipinski definition) is 5. The van der Waals surface area contributed by atoms with Crippen LogP contribution in [-0.4, -0.2) is 45.1 Å². The van der Waals surface area contributed by atoms with Crippen molar-refractivity contribution in [3.63, 3.8) is 0 Å². The van der Waals surface area contributed by atoms with Gasteiger partial charge in [0.05, 0.1) is 12.8 Å². The SMILES string of the molecule is C[SH](O)(Cc1cc(Cl)nc(NCCCCOc2cc(F)ccc2-c2cc(N)ncc2F)c1)=NC(=O)O. The molecule has 0 aliphatic rings. The zero-order valence-electron chi connectivity index (χ0n) is 19.3. The van der Waals surface area contributed by atoms with E-state index in [0.717, 1.165) is 6.20 Å². The predicted octanol–water partition coefficient (Wildman–Crippen LogP) is 5.28. The molecule has 0 unspecified atom stereocenters. The second-order valence-electron chi connectivity index (χ2n) is 8.02. The number of anilines is 2. The molecule has 2 aromatic heterocycles. The lowest BCUT2D eigenvalue weighted by atomic mass is 10.0. The highest BCUT2D eigenvalue weighted by Crippen LogP contribution is 2.33. The number of nitrogens with zero attached hydrogens (tertiary/aromatic N) is 3. The van der Waals surface area contributed by atoms with Gasteiger partial charge in [0.2, 0.25) is 0 Å². The maximum absolute atomic E-state index is 14.3. The van der Waals surface area contributed by atoms with Crippen molar-refractivity contribution in [3.05, 3.63) is 64.9 Å². The van der Waals surface area contributed by atoms with Gasteiger partial charge in [-0.3, -0.25) is 0 Å². The average molecular weight is 542 g/mol.